The maximum absolute atomic E-state index is 12.9. The molecule has 7 nitrogen and oxygen atoms in total. The molecule has 138 valence electrons. The van der Waals surface area contributed by atoms with Gasteiger partial charge in [0.2, 0.25) is 0 Å². The Morgan fingerprint density at radius 3 is 2.43 bits per heavy atom. The number of nitrogens with zero attached hydrogens (tertiary/aromatic N) is 1. The standard InChI is InChI=1S/C21H14N2O5/c1-12-6-8-14(9-7-12)23-20(26)16(19(25)22-21(23)27)10-13-11-28-17-5-3-2-4-15(17)18(13)24/h2-11H,1H3,(H,22,25,27)/b16-10+. The summed E-state index contributed by atoms with van der Waals surface area (Å²) in [6.07, 6.45) is 2.33. The lowest BCUT2D eigenvalue weighted by atomic mass is 10.1. The van der Waals surface area contributed by atoms with Gasteiger partial charge >= 0.3 is 6.03 Å². The van der Waals surface area contributed by atoms with Crippen molar-refractivity contribution >= 4 is 40.6 Å². The maximum Gasteiger partial charge on any atom is 0.335 e. The maximum atomic E-state index is 12.9. The van der Waals surface area contributed by atoms with E-state index in [1.165, 1.54) is 6.26 Å². The lowest BCUT2D eigenvalue weighted by Gasteiger charge is -2.26. The summed E-state index contributed by atoms with van der Waals surface area (Å²) in [6.45, 7) is 1.87. The van der Waals surface area contributed by atoms with Crippen LogP contribution in [0.3, 0.4) is 0 Å². The van der Waals surface area contributed by atoms with E-state index in [1.807, 2.05) is 6.92 Å². The lowest BCUT2D eigenvalue weighted by molar-refractivity contribution is -0.122. The van der Waals surface area contributed by atoms with Crippen molar-refractivity contribution in [3.8, 4) is 0 Å². The van der Waals surface area contributed by atoms with Crippen LogP contribution in [-0.4, -0.2) is 17.8 Å². The van der Waals surface area contributed by atoms with Crippen LogP contribution in [0.15, 0.2) is 69.6 Å². The zero-order valence-corrected chi connectivity index (χ0v) is 14.8. The third-order valence-corrected chi connectivity index (χ3v) is 4.40. The number of aryl methyl sites for hydroxylation is 1. The molecule has 0 saturated carbocycles. The first-order valence-corrected chi connectivity index (χ1v) is 8.44. The third-order valence-electron chi connectivity index (χ3n) is 4.40. The largest absolute Gasteiger partial charge is 0.463 e. The molecule has 1 aromatic heterocycles. The quantitative estimate of drug-likeness (QED) is 0.550. The summed E-state index contributed by atoms with van der Waals surface area (Å²) < 4.78 is 5.41. The van der Waals surface area contributed by atoms with Gasteiger partial charge in [-0.05, 0) is 37.3 Å². The van der Waals surface area contributed by atoms with Gasteiger partial charge in [0.05, 0.1) is 16.6 Å². The van der Waals surface area contributed by atoms with Gasteiger partial charge in [-0.1, -0.05) is 29.8 Å². The van der Waals surface area contributed by atoms with Crippen LogP contribution in [0.2, 0.25) is 0 Å². The molecule has 0 radical (unpaired) electrons. The first-order chi connectivity index (χ1) is 13.5. The molecular weight excluding hydrogens is 360 g/mol. The Morgan fingerprint density at radius 2 is 1.68 bits per heavy atom. The van der Waals surface area contributed by atoms with E-state index in [4.69, 9.17) is 4.42 Å². The van der Waals surface area contributed by atoms with E-state index >= 15 is 0 Å². The van der Waals surface area contributed by atoms with E-state index in [2.05, 4.69) is 5.32 Å². The number of amides is 4. The van der Waals surface area contributed by atoms with E-state index in [9.17, 15) is 19.2 Å². The number of imide groups is 2. The lowest BCUT2D eigenvalue weighted by Crippen LogP contribution is -2.54. The van der Waals surface area contributed by atoms with Gasteiger partial charge in [-0.3, -0.25) is 19.7 Å². The van der Waals surface area contributed by atoms with Crippen molar-refractivity contribution in [1.29, 1.82) is 0 Å². The number of fused-ring (bicyclic) bond motifs is 1. The van der Waals surface area contributed by atoms with Crippen LogP contribution >= 0.6 is 0 Å². The molecule has 1 aliphatic rings. The second-order valence-corrected chi connectivity index (χ2v) is 6.31. The first kappa shape index (κ1) is 17.4. The summed E-state index contributed by atoms with van der Waals surface area (Å²) in [7, 11) is 0. The molecule has 2 aromatic carbocycles. The number of anilines is 1. The molecule has 0 unspecified atom stereocenters. The molecule has 7 heteroatoms. The van der Waals surface area contributed by atoms with Crippen LogP contribution in [0.5, 0.6) is 0 Å². The molecule has 28 heavy (non-hydrogen) atoms. The molecule has 1 aliphatic heterocycles. The smallest absolute Gasteiger partial charge is 0.335 e. The molecule has 1 fully saturated rings. The van der Waals surface area contributed by atoms with E-state index in [0.717, 1.165) is 16.5 Å². The van der Waals surface area contributed by atoms with Crippen molar-refractivity contribution in [3.05, 3.63) is 81.7 Å². The number of hydrogen-bond acceptors (Lipinski definition) is 5. The van der Waals surface area contributed by atoms with Crippen LogP contribution in [0, 0.1) is 6.92 Å². The molecule has 4 rings (SSSR count). The predicted molar refractivity (Wildman–Crippen MR) is 103 cm³/mol. The highest BCUT2D eigenvalue weighted by Gasteiger charge is 2.37. The average Bonchev–Trinajstić information content (AvgIpc) is 2.68. The molecule has 0 bridgehead atoms. The summed E-state index contributed by atoms with van der Waals surface area (Å²) in [5.74, 6) is -1.68. The highest BCUT2D eigenvalue weighted by molar-refractivity contribution is 6.39. The number of rotatable bonds is 2. The highest BCUT2D eigenvalue weighted by atomic mass is 16.3. The van der Waals surface area contributed by atoms with Gasteiger partial charge in [0.15, 0.2) is 5.43 Å². The average molecular weight is 374 g/mol. The Labute approximate surface area is 158 Å². The number of para-hydroxylation sites is 1. The molecule has 1 saturated heterocycles. The zero-order chi connectivity index (χ0) is 19.8. The second-order valence-electron chi connectivity index (χ2n) is 6.31. The van der Waals surface area contributed by atoms with Gasteiger partial charge in [0, 0.05) is 0 Å². The van der Waals surface area contributed by atoms with Gasteiger partial charge in [-0.25, -0.2) is 9.69 Å². The van der Waals surface area contributed by atoms with Crippen molar-refractivity contribution in [1.82, 2.24) is 5.32 Å². The monoisotopic (exact) mass is 374 g/mol. The summed E-state index contributed by atoms with van der Waals surface area (Å²) >= 11 is 0. The van der Waals surface area contributed by atoms with Crippen molar-refractivity contribution < 1.29 is 18.8 Å². The number of urea groups is 1. The molecular formula is C21H14N2O5. The first-order valence-electron chi connectivity index (χ1n) is 8.44. The van der Waals surface area contributed by atoms with Crippen LogP contribution in [0.4, 0.5) is 10.5 Å². The second kappa shape index (κ2) is 6.62. The fourth-order valence-corrected chi connectivity index (χ4v) is 2.93. The van der Waals surface area contributed by atoms with E-state index < -0.39 is 17.8 Å². The fraction of sp³-hybridized carbons (Fsp3) is 0.0476. The summed E-state index contributed by atoms with van der Waals surface area (Å²) in [6, 6.07) is 12.5. The Bertz CT molecular complexity index is 1220. The minimum absolute atomic E-state index is 0.0374. The predicted octanol–water partition coefficient (Wildman–Crippen LogP) is 2.77. The SMILES string of the molecule is Cc1ccc(N2C(=O)NC(=O)/C(=C\c3coc4ccccc4c3=O)C2=O)cc1. The van der Waals surface area contributed by atoms with Gasteiger partial charge in [-0.2, -0.15) is 0 Å². The Kier molecular flexibility index (Phi) is 4.12. The number of hydrogen-bond donors (Lipinski definition) is 1. The van der Waals surface area contributed by atoms with E-state index in [1.54, 1.807) is 48.5 Å². The summed E-state index contributed by atoms with van der Waals surface area (Å²) in [5.41, 5.74) is 0.990. The molecule has 4 amide bonds. The van der Waals surface area contributed by atoms with Crippen molar-refractivity contribution in [2.75, 3.05) is 4.90 Å². The van der Waals surface area contributed by atoms with Gasteiger partial charge in [0.25, 0.3) is 11.8 Å². The number of nitrogens with one attached hydrogen (secondary N) is 1. The van der Waals surface area contributed by atoms with Crippen LogP contribution < -0.4 is 15.6 Å². The van der Waals surface area contributed by atoms with Crippen molar-refractivity contribution in [2.45, 2.75) is 6.92 Å². The number of barbiturate groups is 1. The van der Waals surface area contributed by atoms with E-state index in [-0.39, 0.29) is 16.6 Å². The van der Waals surface area contributed by atoms with Crippen molar-refractivity contribution in [2.24, 2.45) is 0 Å². The summed E-state index contributed by atoms with van der Waals surface area (Å²) in [4.78, 5) is 50.8. The number of carbonyl (C=O) groups excluding carboxylic acids is 3. The number of benzene rings is 2. The fourth-order valence-electron chi connectivity index (χ4n) is 2.93. The topological polar surface area (TPSA) is 96.7 Å². The van der Waals surface area contributed by atoms with Crippen LogP contribution in [-0.2, 0) is 9.59 Å². The van der Waals surface area contributed by atoms with Crippen LogP contribution in [0.1, 0.15) is 11.1 Å². The Balaban J connectivity index is 1.80. The van der Waals surface area contributed by atoms with Gasteiger partial charge < -0.3 is 4.42 Å². The van der Waals surface area contributed by atoms with Crippen LogP contribution in [0.25, 0.3) is 17.0 Å². The minimum atomic E-state index is -0.870. The highest BCUT2D eigenvalue weighted by Crippen LogP contribution is 2.22. The van der Waals surface area contributed by atoms with Gasteiger partial charge in [-0.15, -0.1) is 0 Å². The molecule has 2 heterocycles. The van der Waals surface area contributed by atoms with E-state index in [0.29, 0.717) is 16.7 Å². The number of carbonyl (C=O) groups is 3. The Morgan fingerprint density at radius 1 is 0.964 bits per heavy atom. The molecule has 0 aliphatic carbocycles. The van der Waals surface area contributed by atoms with Gasteiger partial charge in [0.1, 0.15) is 17.4 Å². The van der Waals surface area contributed by atoms with Crippen molar-refractivity contribution in [3.63, 3.8) is 0 Å². The third kappa shape index (κ3) is 2.88. The molecule has 0 atom stereocenters. The molecule has 0 spiro atoms. The molecule has 3 aromatic rings. The Hall–Kier alpha value is -4.00. The normalized spacial score (nSPS) is 16.0. The minimum Gasteiger partial charge on any atom is -0.463 e. The zero-order valence-electron chi connectivity index (χ0n) is 14.8. The summed E-state index contributed by atoms with van der Waals surface area (Å²) in [5, 5.41) is 2.45. The molecule has 1 N–H and O–H groups in total.